The van der Waals surface area contributed by atoms with Gasteiger partial charge in [0.1, 0.15) is 6.04 Å². The number of hydrogen-bond donors (Lipinski definition) is 1. The van der Waals surface area contributed by atoms with E-state index in [4.69, 9.17) is 0 Å². The van der Waals surface area contributed by atoms with Crippen LogP contribution in [-0.4, -0.2) is 25.0 Å². The lowest BCUT2D eigenvalue weighted by atomic mass is 10.1. The molecular weight excluding hydrogens is 298 g/mol. The number of carbonyl (C=O) groups is 2. The minimum Gasteiger partial charge on any atom is -0.467 e. The highest BCUT2D eigenvalue weighted by Crippen LogP contribution is 2.12. The molecule has 1 amide bonds. The number of rotatable bonds is 5. The number of benzene rings is 1. The average molecular weight is 312 g/mol. The maximum absolute atomic E-state index is 11.9. The second-order valence-electron chi connectivity index (χ2n) is 3.58. The number of amides is 1. The van der Waals surface area contributed by atoms with Crippen molar-refractivity contribution in [3.63, 3.8) is 0 Å². The molecule has 1 aromatic carbocycles. The Morgan fingerprint density at radius 1 is 1.56 bits per heavy atom. The van der Waals surface area contributed by atoms with Crippen LogP contribution in [0.1, 0.15) is 16.8 Å². The first-order chi connectivity index (χ1) is 8.58. The molecule has 18 heavy (non-hydrogen) atoms. The molecular formula is C13H14BrNO3. The van der Waals surface area contributed by atoms with Gasteiger partial charge in [-0.05, 0) is 24.6 Å². The molecule has 0 heterocycles. The Morgan fingerprint density at radius 3 is 2.83 bits per heavy atom. The summed E-state index contributed by atoms with van der Waals surface area (Å²) in [6.07, 6.45) is 1.88. The highest BCUT2D eigenvalue weighted by Gasteiger charge is 2.20. The third-order valence-corrected chi connectivity index (χ3v) is 2.77. The number of methoxy groups -OCH3 is 1. The van der Waals surface area contributed by atoms with Crippen LogP contribution in [0.2, 0.25) is 0 Å². The minimum absolute atomic E-state index is 0.325. The molecule has 1 aromatic rings. The van der Waals surface area contributed by atoms with Crippen molar-refractivity contribution in [2.24, 2.45) is 0 Å². The van der Waals surface area contributed by atoms with E-state index in [0.29, 0.717) is 12.0 Å². The molecule has 4 nitrogen and oxygen atoms in total. The van der Waals surface area contributed by atoms with Crippen molar-refractivity contribution in [2.45, 2.75) is 12.5 Å². The van der Waals surface area contributed by atoms with Gasteiger partial charge in [-0.2, -0.15) is 0 Å². The van der Waals surface area contributed by atoms with E-state index < -0.39 is 12.0 Å². The number of carbonyl (C=O) groups excluding carboxylic acids is 2. The third-order valence-electron chi connectivity index (χ3n) is 2.28. The number of hydrogen-bond acceptors (Lipinski definition) is 3. The van der Waals surface area contributed by atoms with Gasteiger partial charge in [0.15, 0.2) is 0 Å². The minimum atomic E-state index is -0.709. The molecule has 0 bridgehead atoms. The Bertz CT molecular complexity index is 459. The zero-order chi connectivity index (χ0) is 13.5. The lowest BCUT2D eigenvalue weighted by Gasteiger charge is -2.14. The Hall–Kier alpha value is -1.62. The summed E-state index contributed by atoms with van der Waals surface area (Å²) in [6, 6.07) is 6.21. The summed E-state index contributed by atoms with van der Waals surface area (Å²) in [5.41, 5.74) is 0.474. The SMILES string of the molecule is C=CC[C@H](NC(=O)c1cccc(Br)c1)C(=O)OC. The van der Waals surface area contributed by atoms with Gasteiger partial charge in [-0.15, -0.1) is 6.58 Å². The molecule has 0 aliphatic heterocycles. The van der Waals surface area contributed by atoms with Crippen LogP contribution >= 0.6 is 15.9 Å². The summed E-state index contributed by atoms with van der Waals surface area (Å²) < 4.78 is 5.41. The quantitative estimate of drug-likeness (QED) is 0.670. The molecule has 1 atom stereocenters. The molecule has 0 spiro atoms. The summed E-state index contributed by atoms with van der Waals surface area (Å²) in [7, 11) is 1.28. The summed E-state index contributed by atoms with van der Waals surface area (Å²) in [4.78, 5) is 23.4. The molecule has 0 radical (unpaired) electrons. The van der Waals surface area contributed by atoms with Crippen molar-refractivity contribution in [3.05, 3.63) is 47.0 Å². The van der Waals surface area contributed by atoms with Crippen LogP contribution in [0.5, 0.6) is 0 Å². The van der Waals surface area contributed by atoms with Gasteiger partial charge in [-0.25, -0.2) is 4.79 Å². The number of nitrogens with one attached hydrogen (secondary N) is 1. The normalized spacial score (nSPS) is 11.4. The number of esters is 1. The van der Waals surface area contributed by atoms with Crippen molar-refractivity contribution in [3.8, 4) is 0 Å². The van der Waals surface area contributed by atoms with Crippen LogP contribution in [-0.2, 0) is 9.53 Å². The molecule has 1 rings (SSSR count). The molecule has 0 fully saturated rings. The third kappa shape index (κ3) is 4.00. The van der Waals surface area contributed by atoms with Gasteiger partial charge in [-0.1, -0.05) is 28.1 Å². The van der Waals surface area contributed by atoms with E-state index in [-0.39, 0.29) is 5.91 Å². The van der Waals surface area contributed by atoms with E-state index in [1.165, 1.54) is 7.11 Å². The Morgan fingerprint density at radius 2 is 2.28 bits per heavy atom. The number of halogens is 1. The van der Waals surface area contributed by atoms with Crippen LogP contribution in [0.4, 0.5) is 0 Å². The summed E-state index contributed by atoms with van der Waals surface area (Å²) in [6.45, 7) is 3.54. The van der Waals surface area contributed by atoms with Crippen LogP contribution in [0.3, 0.4) is 0 Å². The molecule has 0 aromatic heterocycles. The average Bonchev–Trinajstić information content (AvgIpc) is 2.37. The predicted molar refractivity (Wildman–Crippen MR) is 72.2 cm³/mol. The molecule has 5 heteroatoms. The summed E-state index contributed by atoms with van der Waals surface area (Å²) in [5.74, 6) is -0.813. The predicted octanol–water partition coefficient (Wildman–Crippen LogP) is 2.30. The first-order valence-electron chi connectivity index (χ1n) is 5.33. The largest absolute Gasteiger partial charge is 0.467 e. The van der Waals surface area contributed by atoms with Crippen molar-refractivity contribution in [1.29, 1.82) is 0 Å². The van der Waals surface area contributed by atoms with Gasteiger partial charge in [0.2, 0.25) is 0 Å². The van der Waals surface area contributed by atoms with Crippen molar-refractivity contribution in [2.75, 3.05) is 7.11 Å². The summed E-state index contributed by atoms with van der Waals surface area (Å²) >= 11 is 3.28. The fourth-order valence-corrected chi connectivity index (χ4v) is 1.79. The van der Waals surface area contributed by atoms with E-state index in [9.17, 15) is 9.59 Å². The van der Waals surface area contributed by atoms with Crippen molar-refractivity contribution in [1.82, 2.24) is 5.32 Å². The maximum atomic E-state index is 11.9. The highest BCUT2D eigenvalue weighted by molar-refractivity contribution is 9.10. The topological polar surface area (TPSA) is 55.4 Å². The van der Waals surface area contributed by atoms with Crippen molar-refractivity contribution < 1.29 is 14.3 Å². The second kappa shape index (κ2) is 6.96. The van der Waals surface area contributed by atoms with Crippen LogP contribution in [0, 0.1) is 0 Å². The second-order valence-corrected chi connectivity index (χ2v) is 4.50. The zero-order valence-electron chi connectivity index (χ0n) is 9.98. The Kier molecular flexibility index (Phi) is 5.58. The van der Waals surface area contributed by atoms with Crippen LogP contribution < -0.4 is 5.32 Å². The molecule has 0 unspecified atom stereocenters. The van der Waals surface area contributed by atoms with Gasteiger partial charge in [-0.3, -0.25) is 4.79 Å². The van der Waals surface area contributed by atoms with E-state index in [1.54, 1.807) is 24.3 Å². The van der Waals surface area contributed by atoms with Gasteiger partial charge in [0.25, 0.3) is 5.91 Å². The molecule has 0 aliphatic carbocycles. The van der Waals surface area contributed by atoms with Gasteiger partial charge >= 0.3 is 5.97 Å². The van der Waals surface area contributed by atoms with Crippen molar-refractivity contribution >= 4 is 27.8 Å². The van der Waals surface area contributed by atoms with Gasteiger partial charge in [0, 0.05) is 10.0 Å². The monoisotopic (exact) mass is 311 g/mol. The van der Waals surface area contributed by atoms with E-state index >= 15 is 0 Å². The maximum Gasteiger partial charge on any atom is 0.328 e. The first-order valence-corrected chi connectivity index (χ1v) is 6.13. The van der Waals surface area contributed by atoms with Gasteiger partial charge in [0.05, 0.1) is 7.11 Å². The highest BCUT2D eigenvalue weighted by atomic mass is 79.9. The van der Waals surface area contributed by atoms with E-state index in [2.05, 4.69) is 32.6 Å². The lowest BCUT2D eigenvalue weighted by molar-refractivity contribution is -0.142. The lowest BCUT2D eigenvalue weighted by Crippen LogP contribution is -2.41. The molecule has 0 saturated carbocycles. The fourth-order valence-electron chi connectivity index (χ4n) is 1.39. The van der Waals surface area contributed by atoms with Crippen LogP contribution in [0.15, 0.2) is 41.4 Å². The molecule has 0 aliphatic rings. The standard InChI is InChI=1S/C13H14BrNO3/c1-3-5-11(13(17)18-2)15-12(16)9-6-4-7-10(14)8-9/h3-4,6-8,11H,1,5H2,2H3,(H,15,16)/t11-/m0/s1. The Balaban J connectivity index is 2.78. The zero-order valence-corrected chi connectivity index (χ0v) is 11.6. The first kappa shape index (κ1) is 14.4. The Labute approximate surface area is 114 Å². The van der Waals surface area contributed by atoms with E-state index in [0.717, 1.165) is 4.47 Å². The number of ether oxygens (including phenoxy) is 1. The van der Waals surface area contributed by atoms with Crippen LogP contribution in [0.25, 0.3) is 0 Å². The fraction of sp³-hybridized carbons (Fsp3) is 0.231. The summed E-state index contributed by atoms with van der Waals surface area (Å²) in [5, 5.41) is 2.61. The smallest absolute Gasteiger partial charge is 0.328 e. The van der Waals surface area contributed by atoms with Gasteiger partial charge < -0.3 is 10.1 Å². The molecule has 96 valence electrons. The molecule has 1 N–H and O–H groups in total. The molecule has 0 saturated heterocycles. The van der Waals surface area contributed by atoms with E-state index in [1.807, 2.05) is 6.07 Å².